The van der Waals surface area contributed by atoms with Crippen molar-refractivity contribution in [3.8, 4) is 0 Å². The summed E-state index contributed by atoms with van der Waals surface area (Å²) in [7, 11) is -3.33. The van der Waals surface area contributed by atoms with Gasteiger partial charge in [0.25, 0.3) is 10.0 Å². The van der Waals surface area contributed by atoms with Gasteiger partial charge in [0.05, 0.1) is 0 Å². The highest BCUT2D eigenvalue weighted by molar-refractivity contribution is 7.91. The molecule has 1 aliphatic rings. The molecule has 21 heavy (non-hydrogen) atoms. The first-order valence-electron chi connectivity index (χ1n) is 7.63. The number of sulfonamides is 1. The van der Waals surface area contributed by atoms with Gasteiger partial charge in [0.1, 0.15) is 4.21 Å². The average molecular weight is 331 g/mol. The normalized spacial score (nSPS) is 16.3. The molecule has 0 aliphatic heterocycles. The summed E-state index contributed by atoms with van der Waals surface area (Å²) in [5.74, 6) is 0.349. The van der Waals surface area contributed by atoms with Crippen molar-refractivity contribution in [2.24, 2.45) is 5.92 Å². The molecule has 1 aromatic rings. The molecule has 120 valence electrons. The van der Waals surface area contributed by atoms with Gasteiger partial charge in [0.2, 0.25) is 0 Å². The fourth-order valence-corrected chi connectivity index (χ4v) is 5.37. The number of thiophene rings is 1. The molecule has 0 amide bonds. The standard InChI is InChI=1S/C15H26N2O2S2/c1-11(2)9-17(14-5-6-14)21(18,19)15-7-13(10-20-15)8-16-12(3)4/h7,10-12,14,16H,5-6,8-9H2,1-4H3. The minimum absolute atomic E-state index is 0.219. The second kappa shape index (κ2) is 6.77. The second-order valence-electron chi connectivity index (χ2n) is 6.51. The Balaban J connectivity index is 2.14. The van der Waals surface area contributed by atoms with Crippen LogP contribution >= 0.6 is 11.3 Å². The number of rotatable bonds is 8. The van der Waals surface area contributed by atoms with E-state index in [-0.39, 0.29) is 6.04 Å². The van der Waals surface area contributed by atoms with Gasteiger partial charge in [-0.05, 0) is 35.8 Å². The zero-order chi connectivity index (χ0) is 15.6. The van der Waals surface area contributed by atoms with Crippen molar-refractivity contribution in [3.05, 3.63) is 17.0 Å². The summed E-state index contributed by atoms with van der Waals surface area (Å²) in [6, 6.07) is 2.44. The maximum absolute atomic E-state index is 12.8. The topological polar surface area (TPSA) is 49.4 Å². The zero-order valence-corrected chi connectivity index (χ0v) is 14.9. The van der Waals surface area contributed by atoms with E-state index in [1.165, 1.54) is 11.3 Å². The van der Waals surface area contributed by atoms with Crippen LogP contribution in [0.5, 0.6) is 0 Å². The van der Waals surface area contributed by atoms with Crippen LogP contribution in [0, 0.1) is 5.92 Å². The lowest BCUT2D eigenvalue weighted by Crippen LogP contribution is -2.35. The minimum atomic E-state index is -3.33. The smallest absolute Gasteiger partial charge is 0.252 e. The number of hydrogen-bond donors (Lipinski definition) is 1. The Morgan fingerprint density at radius 3 is 2.52 bits per heavy atom. The van der Waals surface area contributed by atoms with E-state index >= 15 is 0 Å². The van der Waals surface area contributed by atoms with E-state index in [9.17, 15) is 8.42 Å². The van der Waals surface area contributed by atoms with Crippen molar-refractivity contribution in [1.82, 2.24) is 9.62 Å². The lowest BCUT2D eigenvalue weighted by atomic mass is 10.2. The average Bonchev–Trinajstić information content (AvgIpc) is 3.10. The van der Waals surface area contributed by atoms with Gasteiger partial charge in [-0.25, -0.2) is 8.42 Å². The van der Waals surface area contributed by atoms with Gasteiger partial charge >= 0.3 is 0 Å². The highest BCUT2D eigenvalue weighted by atomic mass is 32.2. The monoisotopic (exact) mass is 330 g/mol. The number of hydrogen-bond acceptors (Lipinski definition) is 4. The van der Waals surface area contributed by atoms with Crippen LogP contribution in [0.1, 0.15) is 46.1 Å². The van der Waals surface area contributed by atoms with Crippen LogP contribution < -0.4 is 5.32 Å². The number of nitrogens with one attached hydrogen (secondary N) is 1. The Labute approximate surface area is 132 Å². The van der Waals surface area contributed by atoms with E-state index in [2.05, 4.69) is 33.0 Å². The molecule has 0 saturated heterocycles. The van der Waals surface area contributed by atoms with Gasteiger partial charge in [-0.2, -0.15) is 4.31 Å². The van der Waals surface area contributed by atoms with Gasteiger partial charge < -0.3 is 5.32 Å². The molecule has 6 heteroatoms. The lowest BCUT2D eigenvalue weighted by molar-refractivity contribution is 0.361. The molecular weight excluding hydrogens is 304 g/mol. The summed E-state index contributed by atoms with van der Waals surface area (Å²) < 4.78 is 27.8. The van der Waals surface area contributed by atoms with Crippen molar-refractivity contribution in [1.29, 1.82) is 0 Å². The van der Waals surface area contributed by atoms with E-state index in [1.54, 1.807) is 4.31 Å². The van der Waals surface area contributed by atoms with Crippen LogP contribution in [-0.4, -0.2) is 31.4 Å². The van der Waals surface area contributed by atoms with Crippen molar-refractivity contribution < 1.29 is 8.42 Å². The van der Waals surface area contributed by atoms with E-state index in [1.807, 2.05) is 11.4 Å². The first-order chi connectivity index (χ1) is 9.80. The largest absolute Gasteiger partial charge is 0.310 e. The van der Waals surface area contributed by atoms with Gasteiger partial charge in [-0.15, -0.1) is 11.3 Å². The lowest BCUT2D eigenvalue weighted by Gasteiger charge is -2.22. The third-order valence-electron chi connectivity index (χ3n) is 3.41. The van der Waals surface area contributed by atoms with Gasteiger partial charge in [-0.1, -0.05) is 27.7 Å². The summed E-state index contributed by atoms with van der Waals surface area (Å²) >= 11 is 1.34. The van der Waals surface area contributed by atoms with Crippen LogP contribution in [-0.2, 0) is 16.6 Å². The Hall–Kier alpha value is -0.430. The van der Waals surface area contributed by atoms with Crippen molar-refractivity contribution in [2.75, 3.05) is 6.54 Å². The quantitative estimate of drug-likeness (QED) is 0.797. The first-order valence-corrected chi connectivity index (χ1v) is 9.95. The Bertz CT molecular complexity index is 560. The van der Waals surface area contributed by atoms with Gasteiger partial charge in [0, 0.05) is 25.2 Å². The molecule has 0 radical (unpaired) electrons. The van der Waals surface area contributed by atoms with E-state index < -0.39 is 10.0 Å². The Morgan fingerprint density at radius 1 is 1.33 bits per heavy atom. The summed E-state index contributed by atoms with van der Waals surface area (Å²) in [6.07, 6.45) is 2.00. The molecule has 0 spiro atoms. The Kier molecular flexibility index (Phi) is 5.46. The molecule has 1 N–H and O–H groups in total. The van der Waals surface area contributed by atoms with E-state index in [0.29, 0.717) is 22.7 Å². The molecule has 4 nitrogen and oxygen atoms in total. The third kappa shape index (κ3) is 4.52. The molecule has 2 rings (SSSR count). The minimum Gasteiger partial charge on any atom is -0.310 e. The van der Waals surface area contributed by atoms with Crippen molar-refractivity contribution >= 4 is 21.4 Å². The zero-order valence-electron chi connectivity index (χ0n) is 13.3. The predicted molar refractivity (Wildman–Crippen MR) is 88.0 cm³/mol. The molecule has 1 aromatic heterocycles. The second-order valence-corrected chi connectivity index (χ2v) is 9.54. The molecule has 0 atom stereocenters. The van der Waals surface area contributed by atoms with Gasteiger partial charge in [-0.3, -0.25) is 0 Å². The SMILES string of the molecule is CC(C)CN(C1CC1)S(=O)(=O)c1cc(CNC(C)C)cs1. The molecule has 1 fully saturated rings. The third-order valence-corrected chi connectivity index (χ3v) is 6.79. The van der Waals surface area contributed by atoms with Crippen LogP contribution in [0.25, 0.3) is 0 Å². The summed E-state index contributed by atoms with van der Waals surface area (Å²) in [5, 5.41) is 5.27. The summed E-state index contributed by atoms with van der Waals surface area (Å²) in [4.78, 5) is 0. The first kappa shape index (κ1) is 16.9. The van der Waals surface area contributed by atoms with E-state index in [4.69, 9.17) is 0 Å². The molecule has 0 aromatic carbocycles. The van der Waals surface area contributed by atoms with E-state index in [0.717, 1.165) is 24.9 Å². The number of nitrogens with zero attached hydrogens (tertiary/aromatic N) is 1. The van der Waals surface area contributed by atoms with Crippen molar-refractivity contribution in [3.63, 3.8) is 0 Å². The maximum atomic E-state index is 12.8. The maximum Gasteiger partial charge on any atom is 0.252 e. The molecular formula is C15H26N2O2S2. The van der Waals surface area contributed by atoms with Gasteiger partial charge in [0.15, 0.2) is 0 Å². The molecule has 1 saturated carbocycles. The Morgan fingerprint density at radius 2 is 2.00 bits per heavy atom. The van der Waals surface area contributed by atoms with Crippen LogP contribution in [0.3, 0.4) is 0 Å². The van der Waals surface area contributed by atoms with Crippen LogP contribution in [0.4, 0.5) is 0 Å². The molecule has 0 bridgehead atoms. The summed E-state index contributed by atoms with van der Waals surface area (Å²) in [5.41, 5.74) is 1.05. The highest BCUT2D eigenvalue weighted by Gasteiger charge is 2.38. The predicted octanol–water partition coefficient (Wildman–Crippen LogP) is 3.06. The molecule has 0 unspecified atom stereocenters. The molecule has 1 heterocycles. The van der Waals surface area contributed by atoms with Crippen LogP contribution in [0.15, 0.2) is 15.7 Å². The molecule has 1 aliphatic carbocycles. The summed E-state index contributed by atoms with van der Waals surface area (Å²) in [6.45, 7) is 9.64. The van der Waals surface area contributed by atoms with Crippen LogP contribution in [0.2, 0.25) is 0 Å². The highest BCUT2D eigenvalue weighted by Crippen LogP contribution is 2.34. The fourth-order valence-electron chi connectivity index (χ4n) is 2.18. The van der Waals surface area contributed by atoms with Crippen molar-refractivity contribution in [2.45, 2.75) is 63.4 Å². The fraction of sp³-hybridized carbons (Fsp3) is 0.733.